The highest BCUT2D eigenvalue weighted by Crippen LogP contribution is 2.41. The summed E-state index contributed by atoms with van der Waals surface area (Å²) in [6, 6.07) is 9.61. The zero-order valence-corrected chi connectivity index (χ0v) is 23.3. The van der Waals surface area contributed by atoms with Crippen molar-refractivity contribution in [3.8, 4) is 0 Å². The van der Waals surface area contributed by atoms with Crippen molar-refractivity contribution in [3.05, 3.63) is 59.4 Å². The maximum absolute atomic E-state index is 13.9. The van der Waals surface area contributed by atoms with Gasteiger partial charge in [-0.3, -0.25) is 0 Å². The fourth-order valence-corrected chi connectivity index (χ4v) is 7.33. The second kappa shape index (κ2) is 14.2. The Bertz CT molecular complexity index is 872. The van der Waals surface area contributed by atoms with Gasteiger partial charge in [-0.15, -0.1) is 0 Å². The molecule has 0 N–H and O–H groups in total. The minimum atomic E-state index is -4.56. The van der Waals surface area contributed by atoms with Gasteiger partial charge in [0.05, 0.1) is 6.08 Å². The van der Waals surface area contributed by atoms with Crippen LogP contribution in [0.5, 0.6) is 0 Å². The van der Waals surface area contributed by atoms with Crippen LogP contribution in [0.15, 0.2) is 48.3 Å². The number of rotatable bonds is 9. The SMILES string of the molecule is CCCCCC1CCC(c2ccc(C3CCC(/C=C/C4CCC(/C(F)=C/C(F)(F)F)CC4)CC3)cc2)CC1. The normalized spacial score (nSPS) is 31.6. The van der Waals surface area contributed by atoms with Gasteiger partial charge >= 0.3 is 6.18 Å². The molecule has 0 heterocycles. The van der Waals surface area contributed by atoms with Crippen LogP contribution in [0.3, 0.4) is 0 Å². The van der Waals surface area contributed by atoms with Crippen LogP contribution in [0.2, 0.25) is 0 Å². The summed E-state index contributed by atoms with van der Waals surface area (Å²) in [5.74, 6) is 1.78. The quantitative estimate of drug-likeness (QED) is 0.168. The van der Waals surface area contributed by atoms with Crippen molar-refractivity contribution >= 4 is 0 Å². The lowest BCUT2D eigenvalue weighted by Gasteiger charge is -2.30. The highest BCUT2D eigenvalue weighted by atomic mass is 19.4. The van der Waals surface area contributed by atoms with Crippen molar-refractivity contribution in [2.24, 2.45) is 23.7 Å². The number of hydrogen-bond donors (Lipinski definition) is 0. The van der Waals surface area contributed by atoms with E-state index >= 15 is 0 Å². The monoisotopic (exact) mass is 532 g/mol. The molecule has 4 rings (SSSR count). The predicted molar refractivity (Wildman–Crippen MR) is 150 cm³/mol. The Labute approximate surface area is 228 Å². The summed E-state index contributed by atoms with van der Waals surface area (Å²) >= 11 is 0. The molecule has 4 heteroatoms. The number of benzene rings is 1. The molecule has 3 fully saturated rings. The van der Waals surface area contributed by atoms with Crippen LogP contribution in [0.1, 0.15) is 133 Å². The Kier molecular flexibility index (Phi) is 11.0. The number of unbranched alkanes of at least 4 members (excludes halogenated alkanes) is 2. The second-order valence-corrected chi connectivity index (χ2v) is 12.6. The Morgan fingerprint density at radius 3 is 1.66 bits per heavy atom. The second-order valence-electron chi connectivity index (χ2n) is 12.6. The molecule has 1 aromatic rings. The summed E-state index contributed by atoms with van der Waals surface area (Å²) in [5.41, 5.74) is 3.04. The summed E-state index contributed by atoms with van der Waals surface area (Å²) in [5, 5.41) is 0. The highest BCUT2D eigenvalue weighted by Gasteiger charge is 2.30. The first-order valence-corrected chi connectivity index (χ1v) is 15.5. The van der Waals surface area contributed by atoms with E-state index in [4.69, 9.17) is 0 Å². The summed E-state index contributed by atoms with van der Waals surface area (Å²) in [4.78, 5) is 0. The Morgan fingerprint density at radius 1 is 0.711 bits per heavy atom. The molecular formula is C34H48F4. The van der Waals surface area contributed by atoms with Crippen molar-refractivity contribution in [2.75, 3.05) is 0 Å². The number of alkyl halides is 3. The average Bonchev–Trinajstić information content (AvgIpc) is 2.92. The summed E-state index contributed by atoms with van der Waals surface area (Å²) < 4.78 is 51.1. The highest BCUT2D eigenvalue weighted by molar-refractivity contribution is 5.28. The molecule has 0 unspecified atom stereocenters. The number of halogens is 4. The molecule has 212 valence electrons. The smallest absolute Gasteiger partial charge is 0.212 e. The lowest BCUT2D eigenvalue weighted by atomic mass is 9.75. The molecule has 38 heavy (non-hydrogen) atoms. The van der Waals surface area contributed by atoms with Gasteiger partial charge in [0.25, 0.3) is 0 Å². The van der Waals surface area contributed by atoms with Crippen LogP contribution in [-0.4, -0.2) is 6.18 Å². The molecule has 3 saturated carbocycles. The Hall–Kier alpha value is -1.58. The van der Waals surface area contributed by atoms with Crippen LogP contribution in [-0.2, 0) is 0 Å². The van der Waals surface area contributed by atoms with E-state index < -0.39 is 17.9 Å². The van der Waals surface area contributed by atoms with Crippen molar-refractivity contribution in [2.45, 2.75) is 128 Å². The molecule has 0 atom stereocenters. The molecule has 0 nitrogen and oxygen atoms in total. The third-order valence-corrected chi connectivity index (χ3v) is 9.83. The van der Waals surface area contributed by atoms with E-state index in [0.717, 1.165) is 24.7 Å². The van der Waals surface area contributed by atoms with Gasteiger partial charge < -0.3 is 0 Å². The summed E-state index contributed by atoms with van der Waals surface area (Å²) in [6.45, 7) is 2.29. The first-order valence-electron chi connectivity index (χ1n) is 15.5. The summed E-state index contributed by atoms with van der Waals surface area (Å²) in [7, 11) is 0. The van der Waals surface area contributed by atoms with Gasteiger partial charge in [-0.25, -0.2) is 4.39 Å². The van der Waals surface area contributed by atoms with E-state index in [-0.39, 0.29) is 6.08 Å². The molecule has 0 aromatic heterocycles. The molecule has 0 aliphatic heterocycles. The lowest BCUT2D eigenvalue weighted by Crippen LogP contribution is -2.16. The van der Waals surface area contributed by atoms with Crippen LogP contribution in [0, 0.1) is 23.7 Å². The van der Waals surface area contributed by atoms with Crippen molar-refractivity contribution in [1.29, 1.82) is 0 Å². The van der Waals surface area contributed by atoms with Crippen molar-refractivity contribution in [3.63, 3.8) is 0 Å². The van der Waals surface area contributed by atoms with Gasteiger partial charge in [-0.2, -0.15) is 13.2 Å². The van der Waals surface area contributed by atoms with E-state index in [1.165, 1.54) is 82.6 Å². The van der Waals surface area contributed by atoms with Gasteiger partial charge in [-0.1, -0.05) is 69.0 Å². The lowest BCUT2D eigenvalue weighted by molar-refractivity contribution is -0.0820. The molecule has 3 aliphatic carbocycles. The van der Waals surface area contributed by atoms with E-state index in [2.05, 4.69) is 43.3 Å². The van der Waals surface area contributed by atoms with Crippen LogP contribution in [0.4, 0.5) is 17.6 Å². The average molecular weight is 533 g/mol. The molecule has 1 aromatic carbocycles. The van der Waals surface area contributed by atoms with Gasteiger partial charge in [-0.05, 0) is 118 Å². The number of hydrogen-bond acceptors (Lipinski definition) is 0. The fraction of sp³-hybridized carbons (Fsp3) is 0.706. The molecule has 0 spiro atoms. The van der Waals surface area contributed by atoms with Crippen molar-refractivity contribution in [1.82, 2.24) is 0 Å². The first-order chi connectivity index (χ1) is 18.3. The first kappa shape index (κ1) is 29.4. The molecule has 0 saturated heterocycles. The van der Waals surface area contributed by atoms with Crippen LogP contribution < -0.4 is 0 Å². The largest absolute Gasteiger partial charge is 0.412 e. The minimum Gasteiger partial charge on any atom is -0.212 e. The van der Waals surface area contributed by atoms with Gasteiger partial charge in [0.2, 0.25) is 0 Å². The standard InChI is InChI=1S/C34H48F4/c1-2-3-4-5-25-8-14-28(15-9-25)30-20-22-31(23-21-30)29-16-10-26(11-17-29)6-7-27-12-18-32(19-13-27)33(35)24-34(36,37)38/h6-7,20-29,32H,2-5,8-19H2,1H3/b7-6+,33-24-. The molecule has 0 radical (unpaired) electrons. The Balaban J connectivity index is 1.16. The predicted octanol–water partition coefficient (Wildman–Crippen LogP) is 11.6. The molecular weight excluding hydrogens is 484 g/mol. The molecule has 0 amide bonds. The zero-order chi connectivity index (χ0) is 27.0. The third kappa shape index (κ3) is 8.98. The Morgan fingerprint density at radius 2 is 1.18 bits per heavy atom. The maximum atomic E-state index is 13.9. The third-order valence-electron chi connectivity index (χ3n) is 9.83. The minimum absolute atomic E-state index is 0.153. The molecule has 3 aliphatic rings. The van der Waals surface area contributed by atoms with Gasteiger partial charge in [0, 0.05) is 5.92 Å². The van der Waals surface area contributed by atoms with Crippen LogP contribution >= 0.6 is 0 Å². The van der Waals surface area contributed by atoms with E-state index in [9.17, 15) is 17.6 Å². The van der Waals surface area contributed by atoms with Crippen LogP contribution in [0.25, 0.3) is 0 Å². The number of allylic oxidation sites excluding steroid dienone is 4. The zero-order valence-electron chi connectivity index (χ0n) is 23.3. The van der Waals surface area contributed by atoms with E-state index in [0.29, 0.717) is 30.6 Å². The van der Waals surface area contributed by atoms with E-state index in [1.807, 2.05) is 0 Å². The van der Waals surface area contributed by atoms with E-state index in [1.54, 1.807) is 5.56 Å². The maximum Gasteiger partial charge on any atom is 0.412 e. The van der Waals surface area contributed by atoms with Gasteiger partial charge in [0.1, 0.15) is 5.83 Å². The molecule has 0 bridgehead atoms. The summed E-state index contributed by atoms with van der Waals surface area (Å²) in [6.07, 6.45) is 18.4. The van der Waals surface area contributed by atoms with Crippen molar-refractivity contribution < 1.29 is 17.6 Å². The van der Waals surface area contributed by atoms with Gasteiger partial charge in [0.15, 0.2) is 0 Å². The fourth-order valence-electron chi connectivity index (χ4n) is 7.33. The topological polar surface area (TPSA) is 0 Å².